The molecule has 0 unspecified atom stereocenters. The van der Waals surface area contributed by atoms with E-state index in [0.29, 0.717) is 18.0 Å². The lowest BCUT2D eigenvalue weighted by molar-refractivity contribution is 0.424. The van der Waals surface area contributed by atoms with Gasteiger partial charge in [0.05, 0.1) is 4.90 Å². The van der Waals surface area contributed by atoms with Gasteiger partial charge in [0.15, 0.2) is 0 Å². The standard InChI is InChI=1S/C14H20N2O2S/c17-19(18,16-9-3-1-2-4-10-16)13-6-5-12-7-8-15-14(12)11-13/h5-6,11,15H,1-4,7-10H2. The van der Waals surface area contributed by atoms with Crippen LogP contribution in [-0.4, -0.2) is 32.4 Å². The normalized spacial score (nSPS) is 20.6. The second-order valence-electron chi connectivity index (χ2n) is 5.31. The first kappa shape index (κ1) is 12.9. The lowest BCUT2D eigenvalue weighted by atomic mass is 10.2. The van der Waals surface area contributed by atoms with Gasteiger partial charge in [-0.2, -0.15) is 4.31 Å². The van der Waals surface area contributed by atoms with Crippen molar-refractivity contribution in [2.45, 2.75) is 37.0 Å². The van der Waals surface area contributed by atoms with Crippen molar-refractivity contribution in [2.75, 3.05) is 25.0 Å². The summed E-state index contributed by atoms with van der Waals surface area (Å²) in [6, 6.07) is 5.49. The fourth-order valence-corrected chi connectivity index (χ4v) is 4.41. The summed E-state index contributed by atoms with van der Waals surface area (Å²) in [6.45, 7) is 2.22. The molecule has 0 aliphatic carbocycles. The van der Waals surface area contributed by atoms with Gasteiger partial charge in [0.25, 0.3) is 0 Å². The van der Waals surface area contributed by atoms with E-state index >= 15 is 0 Å². The quantitative estimate of drug-likeness (QED) is 0.903. The molecule has 104 valence electrons. The number of benzene rings is 1. The summed E-state index contributed by atoms with van der Waals surface area (Å²) in [5.74, 6) is 0. The van der Waals surface area contributed by atoms with Crippen LogP contribution in [0, 0.1) is 0 Å². The summed E-state index contributed by atoms with van der Waals surface area (Å²) in [4.78, 5) is 0.433. The van der Waals surface area contributed by atoms with Gasteiger partial charge < -0.3 is 5.32 Å². The number of rotatable bonds is 2. The first-order valence-corrected chi connectivity index (χ1v) is 8.49. The molecule has 0 aromatic heterocycles. The molecule has 3 rings (SSSR count). The third-order valence-electron chi connectivity index (χ3n) is 3.99. The van der Waals surface area contributed by atoms with Gasteiger partial charge in [0, 0.05) is 25.3 Å². The molecular formula is C14H20N2O2S. The first-order chi connectivity index (χ1) is 9.18. The maximum atomic E-state index is 12.6. The summed E-state index contributed by atoms with van der Waals surface area (Å²) in [7, 11) is -3.31. The van der Waals surface area contributed by atoms with Gasteiger partial charge >= 0.3 is 0 Å². The maximum absolute atomic E-state index is 12.6. The molecule has 4 nitrogen and oxygen atoms in total. The molecule has 1 saturated heterocycles. The van der Waals surface area contributed by atoms with Crippen molar-refractivity contribution < 1.29 is 8.42 Å². The van der Waals surface area contributed by atoms with Crippen molar-refractivity contribution in [1.82, 2.24) is 4.31 Å². The molecule has 2 heterocycles. The minimum absolute atomic E-state index is 0.433. The van der Waals surface area contributed by atoms with Crippen molar-refractivity contribution in [2.24, 2.45) is 0 Å². The monoisotopic (exact) mass is 280 g/mol. The number of sulfonamides is 1. The zero-order valence-electron chi connectivity index (χ0n) is 11.1. The Morgan fingerprint density at radius 3 is 2.53 bits per heavy atom. The third-order valence-corrected chi connectivity index (χ3v) is 5.89. The topological polar surface area (TPSA) is 49.4 Å². The van der Waals surface area contributed by atoms with Crippen molar-refractivity contribution >= 4 is 15.7 Å². The second-order valence-corrected chi connectivity index (χ2v) is 7.25. The van der Waals surface area contributed by atoms with Crippen LogP contribution in [0.25, 0.3) is 0 Å². The van der Waals surface area contributed by atoms with Crippen LogP contribution in [0.4, 0.5) is 5.69 Å². The molecule has 2 aliphatic rings. The molecule has 5 heteroatoms. The highest BCUT2D eigenvalue weighted by Crippen LogP contribution is 2.27. The fourth-order valence-electron chi connectivity index (χ4n) is 2.86. The van der Waals surface area contributed by atoms with E-state index in [1.165, 1.54) is 5.56 Å². The first-order valence-electron chi connectivity index (χ1n) is 7.05. The molecular weight excluding hydrogens is 260 g/mol. The molecule has 1 aromatic carbocycles. The Balaban J connectivity index is 1.90. The Bertz CT molecular complexity index is 561. The van der Waals surface area contributed by atoms with E-state index in [4.69, 9.17) is 0 Å². The molecule has 0 bridgehead atoms. The summed E-state index contributed by atoms with van der Waals surface area (Å²) >= 11 is 0. The van der Waals surface area contributed by atoms with Crippen LogP contribution in [0.15, 0.2) is 23.1 Å². The van der Waals surface area contributed by atoms with E-state index in [1.54, 1.807) is 16.4 Å². The van der Waals surface area contributed by atoms with E-state index in [9.17, 15) is 8.42 Å². The number of hydrogen-bond donors (Lipinski definition) is 1. The highest BCUT2D eigenvalue weighted by Gasteiger charge is 2.26. The van der Waals surface area contributed by atoms with Crippen LogP contribution in [0.2, 0.25) is 0 Å². The number of fused-ring (bicyclic) bond motifs is 1. The molecule has 1 N–H and O–H groups in total. The van der Waals surface area contributed by atoms with E-state index < -0.39 is 10.0 Å². The Labute approximate surface area is 114 Å². The predicted molar refractivity (Wildman–Crippen MR) is 75.9 cm³/mol. The second kappa shape index (κ2) is 5.13. The van der Waals surface area contributed by atoms with Gasteiger partial charge in [-0.1, -0.05) is 18.9 Å². The van der Waals surface area contributed by atoms with Gasteiger partial charge in [-0.05, 0) is 37.0 Å². The van der Waals surface area contributed by atoms with Crippen LogP contribution in [0.1, 0.15) is 31.2 Å². The summed E-state index contributed by atoms with van der Waals surface area (Å²) in [5, 5.41) is 3.24. The summed E-state index contributed by atoms with van der Waals surface area (Å²) in [6.07, 6.45) is 5.21. The summed E-state index contributed by atoms with van der Waals surface area (Å²) in [5.41, 5.74) is 2.20. The Morgan fingerprint density at radius 1 is 1.05 bits per heavy atom. The van der Waals surface area contributed by atoms with Crippen LogP contribution < -0.4 is 5.32 Å². The fraction of sp³-hybridized carbons (Fsp3) is 0.571. The van der Waals surface area contributed by atoms with Gasteiger partial charge in [0.1, 0.15) is 0 Å². The van der Waals surface area contributed by atoms with E-state index in [0.717, 1.165) is 44.3 Å². The SMILES string of the molecule is O=S(=O)(c1ccc2c(c1)NCC2)N1CCCCCC1. The Kier molecular flexibility index (Phi) is 3.50. The maximum Gasteiger partial charge on any atom is 0.243 e. The highest BCUT2D eigenvalue weighted by atomic mass is 32.2. The van der Waals surface area contributed by atoms with Crippen LogP contribution in [0.3, 0.4) is 0 Å². The molecule has 19 heavy (non-hydrogen) atoms. The molecule has 0 atom stereocenters. The van der Waals surface area contributed by atoms with Crippen LogP contribution in [-0.2, 0) is 16.4 Å². The smallest absolute Gasteiger partial charge is 0.243 e. The molecule has 0 spiro atoms. The van der Waals surface area contributed by atoms with Crippen molar-refractivity contribution in [3.63, 3.8) is 0 Å². The third kappa shape index (κ3) is 2.49. The lowest BCUT2D eigenvalue weighted by Crippen LogP contribution is -2.31. The molecule has 1 aromatic rings. The minimum atomic E-state index is -3.31. The molecule has 0 amide bonds. The highest BCUT2D eigenvalue weighted by molar-refractivity contribution is 7.89. The molecule has 0 radical (unpaired) electrons. The number of anilines is 1. The zero-order valence-corrected chi connectivity index (χ0v) is 11.9. The van der Waals surface area contributed by atoms with Gasteiger partial charge in [-0.15, -0.1) is 0 Å². The van der Waals surface area contributed by atoms with E-state index in [2.05, 4.69) is 5.32 Å². The number of hydrogen-bond acceptors (Lipinski definition) is 3. The molecule has 2 aliphatic heterocycles. The average Bonchev–Trinajstić information content (AvgIpc) is 2.69. The Morgan fingerprint density at radius 2 is 1.79 bits per heavy atom. The number of nitrogens with zero attached hydrogens (tertiary/aromatic N) is 1. The van der Waals surface area contributed by atoms with Crippen LogP contribution in [0.5, 0.6) is 0 Å². The van der Waals surface area contributed by atoms with E-state index in [1.807, 2.05) is 6.07 Å². The van der Waals surface area contributed by atoms with Crippen molar-refractivity contribution in [1.29, 1.82) is 0 Å². The van der Waals surface area contributed by atoms with Gasteiger partial charge in [-0.25, -0.2) is 8.42 Å². The number of nitrogens with one attached hydrogen (secondary N) is 1. The average molecular weight is 280 g/mol. The van der Waals surface area contributed by atoms with Crippen LogP contribution >= 0.6 is 0 Å². The summed E-state index contributed by atoms with van der Waals surface area (Å²) < 4.78 is 26.9. The van der Waals surface area contributed by atoms with Crippen molar-refractivity contribution in [3.05, 3.63) is 23.8 Å². The van der Waals surface area contributed by atoms with Gasteiger partial charge in [0.2, 0.25) is 10.0 Å². The lowest BCUT2D eigenvalue weighted by Gasteiger charge is -2.20. The van der Waals surface area contributed by atoms with Gasteiger partial charge in [-0.3, -0.25) is 0 Å². The zero-order chi connectivity index (χ0) is 13.3. The molecule has 1 fully saturated rings. The largest absolute Gasteiger partial charge is 0.384 e. The predicted octanol–water partition coefficient (Wildman–Crippen LogP) is 2.22. The Hall–Kier alpha value is -1.07. The van der Waals surface area contributed by atoms with E-state index in [-0.39, 0.29) is 0 Å². The molecule has 0 saturated carbocycles. The van der Waals surface area contributed by atoms with Crippen molar-refractivity contribution in [3.8, 4) is 0 Å². The minimum Gasteiger partial charge on any atom is -0.384 e.